The van der Waals surface area contributed by atoms with Gasteiger partial charge in [-0.25, -0.2) is 0 Å². The van der Waals surface area contributed by atoms with E-state index in [9.17, 15) is 0 Å². The predicted molar refractivity (Wildman–Crippen MR) is 69.3 cm³/mol. The Labute approximate surface area is 105 Å². The van der Waals surface area contributed by atoms with E-state index in [4.69, 9.17) is 9.47 Å². The normalized spacial score (nSPS) is 9.94. The first kappa shape index (κ1) is 13.1. The van der Waals surface area contributed by atoms with Crippen LogP contribution in [0.5, 0.6) is 11.5 Å². The van der Waals surface area contributed by atoms with Crippen molar-refractivity contribution in [2.75, 3.05) is 20.8 Å². The van der Waals surface area contributed by atoms with Crippen LogP contribution in [0.3, 0.4) is 0 Å². The Morgan fingerprint density at radius 3 is 2.75 bits per heavy atom. The summed E-state index contributed by atoms with van der Waals surface area (Å²) in [7, 11) is 3.54. The molecule has 4 heteroatoms. The first-order valence-corrected chi connectivity index (χ1v) is 5.74. The molecule has 0 unspecified atom stereocenters. The quantitative estimate of drug-likeness (QED) is 0.872. The topological polar surface area (TPSA) is 30.5 Å². The van der Waals surface area contributed by atoms with Crippen LogP contribution in [0.2, 0.25) is 0 Å². The molecule has 0 spiro atoms. The van der Waals surface area contributed by atoms with Gasteiger partial charge in [0.25, 0.3) is 0 Å². The zero-order chi connectivity index (χ0) is 12.0. The van der Waals surface area contributed by atoms with Gasteiger partial charge in [0.1, 0.15) is 6.61 Å². The van der Waals surface area contributed by atoms with Crippen LogP contribution in [0.1, 0.15) is 5.56 Å². The van der Waals surface area contributed by atoms with Crippen LogP contribution in [0, 0.1) is 0 Å². The van der Waals surface area contributed by atoms with Gasteiger partial charge in [0.15, 0.2) is 11.5 Å². The van der Waals surface area contributed by atoms with Gasteiger partial charge in [-0.1, -0.05) is 28.6 Å². The summed E-state index contributed by atoms with van der Waals surface area (Å²) in [6, 6.07) is 5.87. The molecule has 0 aliphatic heterocycles. The number of methoxy groups -OCH3 is 1. The third-order valence-corrected chi connectivity index (χ3v) is 2.22. The van der Waals surface area contributed by atoms with Crippen molar-refractivity contribution < 1.29 is 9.47 Å². The van der Waals surface area contributed by atoms with Crippen molar-refractivity contribution in [3.8, 4) is 11.5 Å². The van der Waals surface area contributed by atoms with E-state index in [0.717, 1.165) is 28.1 Å². The van der Waals surface area contributed by atoms with Crippen molar-refractivity contribution in [3.63, 3.8) is 0 Å². The fourth-order valence-corrected chi connectivity index (χ4v) is 1.42. The average Bonchev–Trinajstić information content (AvgIpc) is 2.27. The zero-order valence-electron chi connectivity index (χ0n) is 9.55. The number of nitrogens with one attached hydrogen (secondary N) is 1. The van der Waals surface area contributed by atoms with Crippen LogP contribution in [-0.2, 0) is 6.54 Å². The molecular formula is C12H16BrNO2. The third kappa shape index (κ3) is 3.87. The summed E-state index contributed by atoms with van der Waals surface area (Å²) in [4.78, 5) is 0. The summed E-state index contributed by atoms with van der Waals surface area (Å²) in [5.41, 5.74) is 1.15. The lowest BCUT2D eigenvalue weighted by atomic mass is 10.2. The van der Waals surface area contributed by atoms with Crippen LogP contribution in [-0.4, -0.2) is 20.8 Å². The zero-order valence-corrected chi connectivity index (χ0v) is 11.1. The second-order valence-electron chi connectivity index (χ2n) is 3.32. The summed E-state index contributed by atoms with van der Waals surface area (Å²) in [5.74, 6) is 1.46. The van der Waals surface area contributed by atoms with Gasteiger partial charge in [-0.05, 0) is 24.7 Å². The molecule has 1 aromatic rings. The fraction of sp³-hybridized carbons (Fsp3) is 0.333. The van der Waals surface area contributed by atoms with Gasteiger partial charge in [-0.3, -0.25) is 0 Å². The maximum atomic E-state index is 5.58. The molecular weight excluding hydrogens is 270 g/mol. The minimum atomic E-state index is 0.430. The number of halogens is 1. The Bertz CT molecular complexity index is 366. The molecule has 0 saturated heterocycles. The van der Waals surface area contributed by atoms with E-state index in [2.05, 4.69) is 27.8 Å². The Morgan fingerprint density at radius 1 is 1.44 bits per heavy atom. The molecule has 0 saturated carbocycles. The average molecular weight is 286 g/mol. The summed E-state index contributed by atoms with van der Waals surface area (Å²) >= 11 is 3.25. The fourth-order valence-electron chi connectivity index (χ4n) is 1.30. The van der Waals surface area contributed by atoms with Gasteiger partial charge in [-0.2, -0.15) is 0 Å². The predicted octanol–water partition coefficient (Wildman–Crippen LogP) is 2.70. The number of hydrogen-bond donors (Lipinski definition) is 1. The number of hydrogen-bond acceptors (Lipinski definition) is 3. The second kappa shape index (κ2) is 6.55. The lowest BCUT2D eigenvalue weighted by molar-refractivity contribution is 0.324. The Balaban J connectivity index is 2.83. The van der Waals surface area contributed by atoms with Gasteiger partial charge in [0, 0.05) is 11.0 Å². The molecule has 1 N–H and O–H groups in total. The first-order chi connectivity index (χ1) is 7.67. The SMILES string of the molecule is C=C(Br)COc1cc(CNC)ccc1OC. The van der Waals surface area contributed by atoms with Crippen molar-refractivity contribution in [1.82, 2.24) is 5.32 Å². The molecule has 0 aromatic heterocycles. The first-order valence-electron chi connectivity index (χ1n) is 4.95. The highest BCUT2D eigenvalue weighted by Crippen LogP contribution is 2.28. The summed E-state index contributed by atoms with van der Waals surface area (Å²) in [5, 5.41) is 3.09. The van der Waals surface area contributed by atoms with Gasteiger partial charge in [0.05, 0.1) is 7.11 Å². The standard InChI is InChI=1S/C12H16BrNO2/c1-9(13)8-16-12-6-10(7-14-2)4-5-11(12)15-3/h4-6,14H,1,7-8H2,2-3H3. The maximum absolute atomic E-state index is 5.58. The van der Waals surface area contributed by atoms with Crippen molar-refractivity contribution in [2.45, 2.75) is 6.54 Å². The minimum absolute atomic E-state index is 0.430. The largest absolute Gasteiger partial charge is 0.493 e. The molecule has 0 fully saturated rings. The summed E-state index contributed by atoms with van der Waals surface area (Å²) < 4.78 is 11.6. The molecule has 0 aliphatic carbocycles. The maximum Gasteiger partial charge on any atom is 0.162 e. The Hall–Kier alpha value is -1.00. The smallest absolute Gasteiger partial charge is 0.162 e. The van der Waals surface area contributed by atoms with Crippen LogP contribution >= 0.6 is 15.9 Å². The molecule has 0 aliphatic rings. The molecule has 0 heterocycles. The molecule has 1 aromatic carbocycles. The molecule has 3 nitrogen and oxygen atoms in total. The lowest BCUT2D eigenvalue weighted by Crippen LogP contribution is -2.06. The Morgan fingerprint density at radius 2 is 2.19 bits per heavy atom. The van der Waals surface area contributed by atoms with Crippen molar-refractivity contribution in [2.24, 2.45) is 0 Å². The highest BCUT2D eigenvalue weighted by Gasteiger charge is 2.05. The van der Waals surface area contributed by atoms with E-state index in [-0.39, 0.29) is 0 Å². The van der Waals surface area contributed by atoms with E-state index in [1.807, 2.05) is 25.2 Å². The van der Waals surface area contributed by atoms with Gasteiger partial charge in [0.2, 0.25) is 0 Å². The number of benzene rings is 1. The van der Waals surface area contributed by atoms with Crippen LogP contribution in [0.25, 0.3) is 0 Å². The van der Waals surface area contributed by atoms with Crippen molar-refractivity contribution in [1.29, 1.82) is 0 Å². The molecule has 0 bridgehead atoms. The van der Waals surface area contributed by atoms with E-state index in [0.29, 0.717) is 6.61 Å². The van der Waals surface area contributed by atoms with E-state index in [1.165, 1.54) is 0 Å². The van der Waals surface area contributed by atoms with Gasteiger partial charge in [-0.15, -0.1) is 0 Å². The summed E-state index contributed by atoms with van der Waals surface area (Å²) in [6.07, 6.45) is 0. The number of ether oxygens (including phenoxy) is 2. The van der Waals surface area contributed by atoms with E-state index in [1.54, 1.807) is 7.11 Å². The van der Waals surface area contributed by atoms with Crippen LogP contribution < -0.4 is 14.8 Å². The molecule has 0 radical (unpaired) electrons. The highest BCUT2D eigenvalue weighted by atomic mass is 79.9. The Kier molecular flexibility index (Phi) is 5.35. The second-order valence-corrected chi connectivity index (χ2v) is 4.44. The van der Waals surface area contributed by atoms with Gasteiger partial charge < -0.3 is 14.8 Å². The molecule has 16 heavy (non-hydrogen) atoms. The molecule has 88 valence electrons. The number of rotatable bonds is 6. The van der Waals surface area contributed by atoms with Crippen molar-refractivity contribution in [3.05, 3.63) is 34.8 Å². The van der Waals surface area contributed by atoms with Crippen molar-refractivity contribution >= 4 is 15.9 Å². The van der Waals surface area contributed by atoms with E-state index < -0.39 is 0 Å². The van der Waals surface area contributed by atoms with Crippen LogP contribution in [0.4, 0.5) is 0 Å². The summed E-state index contributed by atoms with van der Waals surface area (Å²) in [6.45, 7) is 4.95. The van der Waals surface area contributed by atoms with E-state index >= 15 is 0 Å². The minimum Gasteiger partial charge on any atom is -0.493 e. The third-order valence-electron chi connectivity index (χ3n) is 1.99. The van der Waals surface area contributed by atoms with Gasteiger partial charge >= 0.3 is 0 Å². The molecule has 0 amide bonds. The monoisotopic (exact) mass is 285 g/mol. The molecule has 0 atom stereocenters. The highest BCUT2D eigenvalue weighted by molar-refractivity contribution is 9.11. The molecule has 1 rings (SSSR count). The van der Waals surface area contributed by atoms with Crippen LogP contribution in [0.15, 0.2) is 29.3 Å². The lowest BCUT2D eigenvalue weighted by Gasteiger charge is -2.11.